The molecule has 18 heavy (non-hydrogen) atoms. The lowest BCUT2D eigenvalue weighted by Gasteiger charge is -2.06. The number of H-pyrrole nitrogens is 1. The zero-order valence-corrected chi connectivity index (χ0v) is 11.1. The van der Waals surface area contributed by atoms with Crippen LogP contribution in [0.3, 0.4) is 0 Å². The van der Waals surface area contributed by atoms with E-state index in [0.29, 0.717) is 17.1 Å². The largest absolute Gasteiger partial charge is 0.497 e. The summed E-state index contributed by atoms with van der Waals surface area (Å²) in [5, 5.41) is 0. The standard InChI is InChI=1S/C13H14N2O2S/c1-16-8-10-7-12(18)15-13(14-10)9-4-3-5-11(6-9)17-2/h3-7H,8H2,1-2H3,(H,14,15,18). The van der Waals surface area contributed by atoms with E-state index in [1.54, 1.807) is 20.3 Å². The summed E-state index contributed by atoms with van der Waals surface area (Å²) in [5.74, 6) is 1.50. The van der Waals surface area contributed by atoms with Gasteiger partial charge in [-0.3, -0.25) is 0 Å². The van der Waals surface area contributed by atoms with Crippen molar-refractivity contribution in [3.05, 3.63) is 40.7 Å². The van der Waals surface area contributed by atoms with Crippen molar-refractivity contribution in [2.75, 3.05) is 14.2 Å². The third-order valence-electron chi connectivity index (χ3n) is 2.44. The van der Waals surface area contributed by atoms with Gasteiger partial charge in [0.1, 0.15) is 16.2 Å². The van der Waals surface area contributed by atoms with E-state index < -0.39 is 0 Å². The van der Waals surface area contributed by atoms with Gasteiger partial charge < -0.3 is 14.5 Å². The van der Waals surface area contributed by atoms with E-state index in [1.807, 2.05) is 24.3 Å². The summed E-state index contributed by atoms with van der Waals surface area (Å²) in [7, 11) is 3.28. The Morgan fingerprint density at radius 2 is 2.11 bits per heavy atom. The third kappa shape index (κ3) is 2.94. The van der Waals surface area contributed by atoms with Crippen LogP contribution in [0.1, 0.15) is 5.69 Å². The molecule has 0 aliphatic rings. The molecule has 94 valence electrons. The summed E-state index contributed by atoms with van der Waals surface area (Å²) in [6, 6.07) is 9.45. The first kappa shape index (κ1) is 12.7. The van der Waals surface area contributed by atoms with Crippen LogP contribution in [0, 0.1) is 4.64 Å². The minimum absolute atomic E-state index is 0.475. The van der Waals surface area contributed by atoms with Gasteiger partial charge in [-0.25, -0.2) is 4.98 Å². The fourth-order valence-corrected chi connectivity index (χ4v) is 1.88. The van der Waals surface area contributed by atoms with Crippen LogP contribution in [0.25, 0.3) is 11.4 Å². The summed E-state index contributed by atoms with van der Waals surface area (Å²) in [6.07, 6.45) is 0. The summed E-state index contributed by atoms with van der Waals surface area (Å²) >= 11 is 5.14. The van der Waals surface area contributed by atoms with E-state index in [2.05, 4.69) is 9.97 Å². The summed E-state index contributed by atoms with van der Waals surface area (Å²) in [6.45, 7) is 0.475. The maximum Gasteiger partial charge on any atom is 0.139 e. The summed E-state index contributed by atoms with van der Waals surface area (Å²) in [4.78, 5) is 7.51. The zero-order valence-electron chi connectivity index (χ0n) is 10.3. The van der Waals surface area contributed by atoms with Gasteiger partial charge in [-0.1, -0.05) is 24.4 Å². The zero-order chi connectivity index (χ0) is 13.0. The lowest BCUT2D eigenvalue weighted by molar-refractivity contribution is 0.181. The molecule has 1 heterocycles. The number of methoxy groups -OCH3 is 2. The Bertz CT molecular complexity index is 596. The molecule has 0 saturated heterocycles. The van der Waals surface area contributed by atoms with Crippen molar-refractivity contribution in [1.29, 1.82) is 0 Å². The molecule has 2 aromatic rings. The van der Waals surface area contributed by atoms with Gasteiger partial charge in [0.15, 0.2) is 0 Å². The first-order valence-electron chi connectivity index (χ1n) is 5.46. The predicted molar refractivity (Wildman–Crippen MR) is 72.1 cm³/mol. The molecule has 2 rings (SSSR count). The maximum atomic E-state index is 5.19. The molecule has 0 aliphatic heterocycles. The smallest absolute Gasteiger partial charge is 0.139 e. The van der Waals surface area contributed by atoms with Gasteiger partial charge in [-0.2, -0.15) is 0 Å². The van der Waals surface area contributed by atoms with Crippen LogP contribution in [-0.4, -0.2) is 24.2 Å². The average molecular weight is 262 g/mol. The Labute approximate surface area is 111 Å². The van der Waals surface area contributed by atoms with E-state index in [0.717, 1.165) is 17.0 Å². The molecular weight excluding hydrogens is 248 g/mol. The van der Waals surface area contributed by atoms with Gasteiger partial charge in [-0.15, -0.1) is 0 Å². The van der Waals surface area contributed by atoms with Gasteiger partial charge >= 0.3 is 0 Å². The monoisotopic (exact) mass is 262 g/mol. The molecule has 4 nitrogen and oxygen atoms in total. The number of nitrogens with zero attached hydrogens (tertiary/aromatic N) is 1. The lowest BCUT2D eigenvalue weighted by Crippen LogP contribution is -1.97. The molecule has 1 N–H and O–H groups in total. The number of nitrogens with one attached hydrogen (secondary N) is 1. The van der Waals surface area contributed by atoms with Gasteiger partial charge in [0.05, 0.1) is 13.7 Å². The number of ether oxygens (including phenoxy) is 2. The first-order chi connectivity index (χ1) is 8.72. The normalized spacial score (nSPS) is 10.3. The van der Waals surface area contributed by atoms with Crippen LogP contribution in [0.5, 0.6) is 5.75 Å². The molecule has 0 aliphatic carbocycles. The maximum absolute atomic E-state index is 5.19. The van der Waals surface area contributed by atoms with Crippen molar-refractivity contribution in [2.45, 2.75) is 6.61 Å². The Kier molecular flexibility index (Phi) is 4.07. The van der Waals surface area contributed by atoms with E-state index >= 15 is 0 Å². The number of hydrogen-bond donors (Lipinski definition) is 1. The van der Waals surface area contributed by atoms with Gasteiger partial charge in [-0.05, 0) is 18.2 Å². The molecule has 0 saturated carbocycles. The molecule has 5 heteroatoms. The van der Waals surface area contributed by atoms with Crippen LogP contribution >= 0.6 is 12.2 Å². The van der Waals surface area contributed by atoms with Crippen molar-refractivity contribution < 1.29 is 9.47 Å². The number of benzene rings is 1. The Balaban J connectivity index is 2.45. The Morgan fingerprint density at radius 1 is 1.28 bits per heavy atom. The number of aromatic amines is 1. The molecule has 0 amide bonds. The van der Waals surface area contributed by atoms with E-state index in [1.165, 1.54) is 0 Å². The molecular formula is C13H14N2O2S. The lowest BCUT2D eigenvalue weighted by atomic mass is 10.2. The van der Waals surface area contributed by atoms with Crippen LogP contribution in [-0.2, 0) is 11.3 Å². The van der Waals surface area contributed by atoms with Gasteiger partial charge in [0.2, 0.25) is 0 Å². The van der Waals surface area contributed by atoms with Crippen molar-refractivity contribution in [3.8, 4) is 17.1 Å². The second-order valence-electron chi connectivity index (χ2n) is 3.76. The first-order valence-corrected chi connectivity index (χ1v) is 5.87. The molecule has 0 radical (unpaired) electrons. The topological polar surface area (TPSA) is 47.1 Å². The average Bonchev–Trinajstić information content (AvgIpc) is 2.38. The Hall–Kier alpha value is -1.72. The van der Waals surface area contributed by atoms with E-state index in [4.69, 9.17) is 21.7 Å². The van der Waals surface area contributed by atoms with Crippen LogP contribution < -0.4 is 4.74 Å². The van der Waals surface area contributed by atoms with Crippen LogP contribution in [0.2, 0.25) is 0 Å². The number of aromatic nitrogens is 2. The second kappa shape index (κ2) is 5.75. The van der Waals surface area contributed by atoms with Crippen molar-refractivity contribution in [3.63, 3.8) is 0 Å². The van der Waals surface area contributed by atoms with Crippen molar-refractivity contribution in [1.82, 2.24) is 9.97 Å². The molecule has 1 aromatic carbocycles. The quantitative estimate of drug-likeness (QED) is 0.861. The van der Waals surface area contributed by atoms with Crippen molar-refractivity contribution >= 4 is 12.2 Å². The second-order valence-corrected chi connectivity index (χ2v) is 4.18. The van der Waals surface area contributed by atoms with Crippen molar-refractivity contribution in [2.24, 2.45) is 0 Å². The van der Waals surface area contributed by atoms with Crippen LogP contribution in [0.15, 0.2) is 30.3 Å². The molecule has 0 bridgehead atoms. The molecule has 0 unspecified atom stereocenters. The molecule has 0 atom stereocenters. The Morgan fingerprint density at radius 3 is 2.83 bits per heavy atom. The highest BCUT2D eigenvalue weighted by Gasteiger charge is 2.03. The minimum Gasteiger partial charge on any atom is -0.497 e. The fraction of sp³-hybridized carbons (Fsp3) is 0.231. The number of hydrogen-bond acceptors (Lipinski definition) is 4. The molecule has 0 fully saturated rings. The SMILES string of the molecule is COCc1cc(=S)nc(-c2cccc(OC)c2)[nH]1. The highest BCUT2D eigenvalue weighted by atomic mass is 32.1. The minimum atomic E-state index is 0.475. The summed E-state index contributed by atoms with van der Waals surface area (Å²) in [5.41, 5.74) is 1.83. The predicted octanol–water partition coefficient (Wildman–Crippen LogP) is 2.96. The van der Waals surface area contributed by atoms with E-state index in [-0.39, 0.29) is 0 Å². The fourth-order valence-electron chi connectivity index (χ4n) is 1.65. The van der Waals surface area contributed by atoms with E-state index in [9.17, 15) is 0 Å². The van der Waals surface area contributed by atoms with Crippen LogP contribution in [0.4, 0.5) is 0 Å². The third-order valence-corrected chi connectivity index (χ3v) is 2.65. The highest BCUT2D eigenvalue weighted by molar-refractivity contribution is 7.71. The molecule has 0 spiro atoms. The number of rotatable bonds is 4. The van der Waals surface area contributed by atoms with Gasteiger partial charge in [0.25, 0.3) is 0 Å². The highest BCUT2D eigenvalue weighted by Crippen LogP contribution is 2.20. The molecule has 1 aromatic heterocycles. The van der Waals surface area contributed by atoms with Gasteiger partial charge in [0, 0.05) is 18.4 Å². The summed E-state index contributed by atoms with van der Waals surface area (Å²) < 4.78 is 10.8.